The SMILES string of the molecule is COc1c(Cl)cccc1NC(=O)N1CC[C@@H](O)C1. The standard InChI is InChI=1S/C12H15ClN2O3/c1-18-11-9(13)3-2-4-10(11)14-12(17)15-6-5-8(16)7-15/h2-4,8,16H,5-7H2,1H3,(H,14,17)/t8-/m1/s1. The number of halogens is 1. The summed E-state index contributed by atoms with van der Waals surface area (Å²) in [6, 6.07) is 4.89. The minimum absolute atomic E-state index is 0.257. The van der Waals surface area contributed by atoms with Crippen LogP contribution in [0.5, 0.6) is 5.75 Å². The van der Waals surface area contributed by atoms with Crippen LogP contribution in [0.3, 0.4) is 0 Å². The van der Waals surface area contributed by atoms with Gasteiger partial charge in [-0.25, -0.2) is 4.79 Å². The summed E-state index contributed by atoms with van der Waals surface area (Å²) in [6.07, 6.45) is 0.178. The van der Waals surface area contributed by atoms with E-state index in [0.717, 1.165) is 0 Å². The average molecular weight is 271 g/mol. The Hall–Kier alpha value is -1.46. The number of rotatable bonds is 2. The van der Waals surface area contributed by atoms with E-state index in [1.807, 2.05) is 0 Å². The fraction of sp³-hybridized carbons (Fsp3) is 0.417. The van der Waals surface area contributed by atoms with E-state index in [9.17, 15) is 9.90 Å². The smallest absolute Gasteiger partial charge is 0.322 e. The van der Waals surface area contributed by atoms with Gasteiger partial charge in [-0.15, -0.1) is 0 Å². The van der Waals surface area contributed by atoms with Crippen molar-refractivity contribution in [3.63, 3.8) is 0 Å². The first kappa shape index (κ1) is 13.0. The molecule has 1 aromatic carbocycles. The highest BCUT2D eigenvalue weighted by molar-refractivity contribution is 6.32. The highest BCUT2D eigenvalue weighted by atomic mass is 35.5. The Morgan fingerprint density at radius 2 is 2.39 bits per heavy atom. The van der Waals surface area contributed by atoms with Crippen LogP contribution < -0.4 is 10.1 Å². The number of aliphatic hydroxyl groups excluding tert-OH is 1. The van der Waals surface area contributed by atoms with Crippen molar-refractivity contribution < 1.29 is 14.6 Å². The third kappa shape index (κ3) is 2.68. The van der Waals surface area contributed by atoms with Gasteiger partial charge in [-0.2, -0.15) is 0 Å². The van der Waals surface area contributed by atoms with Crippen LogP contribution >= 0.6 is 11.6 Å². The molecule has 0 unspecified atom stereocenters. The number of hydrogen-bond donors (Lipinski definition) is 2. The van der Waals surface area contributed by atoms with E-state index < -0.39 is 6.10 Å². The highest BCUT2D eigenvalue weighted by Gasteiger charge is 2.25. The molecule has 1 atom stereocenters. The molecule has 2 amide bonds. The van der Waals surface area contributed by atoms with Gasteiger partial charge in [-0.1, -0.05) is 17.7 Å². The molecule has 98 valence electrons. The first-order valence-corrected chi connectivity index (χ1v) is 6.06. The number of methoxy groups -OCH3 is 1. The molecule has 6 heteroatoms. The molecule has 0 aliphatic carbocycles. The van der Waals surface area contributed by atoms with E-state index in [4.69, 9.17) is 16.3 Å². The Balaban J connectivity index is 2.09. The summed E-state index contributed by atoms with van der Waals surface area (Å²) in [6.45, 7) is 0.907. The van der Waals surface area contributed by atoms with E-state index in [1.54, 1.807) is 23.1 Å². The molecule has 0 saturated carbocycles. The van der Waals surface area contributed by atoms with Crippen LogP contribution in [0.15, 0.2) is 18.2 Å². The molecule has 1 aliphatic heterocycles. The van der Waals surface area contributed by atoms with Crippen molar-refractivity contribution in [2.24, 2.45) is 0 Å². The molecule has 5 nitrogen and oxygen atoms in total. The van der Waals surface area contributed by atoms with Gasteiger partial charge in [0.1, 0.15) is 0 Å². The minimum atomic E-state index is -0.433. The first-order valence-electron chi connectivity index (χ1n) is 5.68. The summed E-state index contributed by atoms with van der Waals surface area (Å²) in [5, 5.41) is 12.6. The van der Waals surface area contributed by atoms with Gasteiger partial charge in [-0.3, -0.25) is 0 Å². The number of nitrogens with zero attached hydrogens (tertiary/aromatic N) is 1. The Morgan fingerprint density at radius 3 is 3.00 bits per heavy atom. The quantitative estimate of drug-likeness (QED) is 0.863. The van der Waals surface area contributed by atoms with Gasteiger partial charge >= 0.3 is 6.03 Å². The Kier molecular flexibility index (Phi) is 3.93. The van der Waals surface area contributed by atoms with Crippen LogP contribution in [0.2, 0.25) is 5.02 Å². The fourth-order valence-electron chi connectivity index (χ4n) is 1.94. The predicted octanol–water partition coefficient (Wildman–Crippen LogP) is 1.95. The number of carbonyl (C=O) groups excluding carboxylic acids is 1. The molecular weight excluding hydrogens is 256 g/mol. The second-order valence-electron chi connectivity index (χ2n) is 4.14. The topological polar surface area (TPSA) is 61.8 Å². The Morgan fingerprint density at radius 1 is 1.61 bits per heavy atom. The first-order chi connectivity index (χ1) is 8.61. The van der Waals surface area contributed by atoms with E-state index in [0.29, 0.717) is 36.0 Å². The van der Waals surface area contributed by atoms with E-state index in [-0.39, 0.29) is 6.03 Å². The van der Waals surface area contributed by atoms with Crippen molar-refractivity contribution in [2.75, 3.05) is 25.5 Å². The van der Waals surface area contributed by atoms with Gasteiger partial charge in [0.05, 0.1) is 23.9 Å². The zero-order valence-corrected chi connectivity index (χ0v) is 10.8. The van der Waals surface area contributed by atoms with Crippen LogP contribution in [0.4, 0.5) is 10.5 Å². The molecular formula is C12H15ClN2O3. The fourth-order valence-corrected chi connectivity index (χ4v) is 2.19. The lowest BCUT2D eigenvalue weighted by molar-refractivity contribution is 0.176. The molecule has 0 bridgehead atoms. The maximum absolute atomic E-state index is 11.9. The summed E-state index contributed by atoms with van der Waals surface area (Å²) in [7, 11) is 1.50. The lowest BCUT2D eigenvalue weighted by Gasteiger charge is -2.18. The van der Waals surface area contributed by atoms with Crippen molar-refractivity contribution in [2.45, 2.75) is 12.5 Å². The third-order valence-corrected chi connectivity index (χ3v) is 3.16. The summed E-state index contributed by atoms with van der Waals surface area (Å²) >= 11 is 5.97. The van der Waals surface area contributed by atoms with Gasteiger partial charge < -0.3 is 20.1 Å². The lowest BCUT2D eigenvalue weighted by Crippen LogP contribution is -2.33. The van der Waals surface area contributed by atoms with Crippen molar-refractivity contribution in [1.82, 2.24) is 4.90 Å². The number of hydrogen-bond acceptors (Lipinski definition) is 3. The third-order valence-electron chi connectivity index (χ3n) is 2.86. The number of anilines is 1. The van der Waals surface area contributed by atoms with E-state index in [2.05, 4.69) is 5.32 Å². The van der Waals surface area contributed by atoms with Gasteiger partial charge in [0.2, 0.25) is 0 Å². The number of likely N-dealkylation sites (tertiary alicyclic amines) is 1. The van der Waals surface area contributed by atoms with E-state index >= 15 is 0 Å². The van der Waals surface area contributed by atoms with Crippen LogP contribution in [-0.4, -0.2) is 42.3 Å². The number of ether oxygens (including phenoxy) is 1. The van der Waals surface area contributed by atoms with Crippen LogP contribution in [-0.2, 0) is 0 Å². The summed E-state index contributed by atoms with van der Waals surface area (Å²) in [5.74, 6) is 0.437. The molecule has 1 heterocycles. The zero-order valence-electron chi connectivity index (χ0n) is 10.0. The van der Waals surface area contributed by atoms with Crippen molar-refractivity contribution in [1.29, 1.82) is 0 Å². The highest BCUT2D eigenvalue weighted by Crippen LogP contribution is 2.32. The van der Waals surface area contributed by atoms with Gasteiger partial charge in [-0.05, 0) is 18.6 Å². The normalized spacial score (nSPS) is 18.8. The van der Waals surface area contributed by atoms with Crippen molar-refractivity contribution in [3.05, 3.63) is 23.2 Å². The molecule has 1 saturated heterocycles. The molecule has 2 N–H and O–H groups in total. The minimum Gasteiger partial charge on any atom is -0.493 e. The summed E-state index contributed by atoms with van der Waals surface area (Å²) in [5.41, 5.74) is 0.524. The van der Waals surface area contributed by atoms with Crippen LogP contribution in [0, 0.1) is 0 Å². The molecule has 0 aromatic heterocycles. The predicted molar refractivity (Wildman–Crippen MR) is 69.2 cm³/mol. The molecule has 1 fully saturated rings. The number of nitrogens with one attached hydrogen (secondary N) is 1. The zero-order chi connectivity index (χ0) is 13.1. The van der Waals surface area contributed by atoms with E-state index in [1.165, 1.54) is 7.11 Å². The average Bonchev–Trinajstić information content (AvgIpc) is 2.76. The number of aliphatic hydroxyl groups is 1. The summed E-state index contributed by atoms with van der Waals surface area (Å²) in [4.78, 5) is 13.5. The van der Waals surface area contributed by atoms with Crippen LogP contribution in [0.25, 0.3) is 0 Å². The number of urea groups is 1. The molecule has 18 heavy (non-hydrogen) atoms. The second-order valence-corrected chi connectivity index (χ2v) is 4.55. The number of amides is 2. The maximum Gasteiger partial charge on any atom is 0.322 e. The van der Waals surface area contributed by atoms with Gasteiger partial charge in [0.25, 0.3) is 0 Å². The number of benzene rings is 1. The Bertz CT molecular complexity index is 453. The second kappa shape index (κ2) is 5.46. The lowest BCUT2D eigenvalue weighted by atomic mass is 10.3. The van der Waals surface area contributed by atoms with Crippen molar-refractivity contribution >= 4 is 23.3 Å². The molecule has 1 aromatic rings. The maximum atomic E-state index is 11.9. The van der Waals surface area contributed by atoms with Crippen LogP contribution in [0.1, 0.15) is 6.42 Å². The molecule has 0 spiro atoms. The van der Waals surface area contributed by atoms with Gasteiger partial charge in [0.15, 0.2) is 5.75 Å². The number of carbonyl (C=O) groups is 1. The van der Waals surface area contributed by atoms with Gasteiger partial charge in [0, 0.05) is 13.1 Å². The number of para-hydroxylation sites is 1. The largest absolute Gasteiger partial charge is 0.493 e. The molecule has 2 rings (SSSR count). The monoisotopic (exact) mass is 270 g/mol. The molecule has 0 radical (unpaired) electrons. The molecule has 1 aliphatic rings. The number of β-amino-alcohol motifs (C(OH)–C–C–N with tert-alkyl or cyclic N) is 1. The summed E-state index contributed by atoms with van der Waals surface area (Å²) < 4.78 is 5.15. The van der Waals surface area contributed by atoms with Crippen molar-refractivity contribution in [3.8, 4) is 5.75 Å². The Labute approximate surface area is 110 Å².